The van der Waals surface area contributed by atoms with Gasteiger partial charge in [-0.15, -0.1) is 0 Å². The summed E-state index contributed by atoms with van der Waals surface area (Å²) in [7, 11) is 0. The van der Waals surface area contributed by atoms with Crippen LogP contribution in [0.25, 0.3) is 0 Å². The summed E-state index contributed by atoms with van der Waals surface area (Å²) in [6.45, 7) is 9.86. The van der Waals surface area contributed by atoms with Crippen LogP contribution in [0.1, 0.15) is 21.7 Å². The number of aromatic nitrogens is 1. The fourth-order valence-corrected chi connectivity index (χ4v) is 3.92. The standard InChI is InChI=1S/C19H23Cl2N3O/c1-14-3-4-15(2)24(14)12-9-22-7-10-23(11-8-22)19(25)17-6-5-16(20)13-18(17)21/h3-6,13H,7-12H2,1-2H3/p+1. The molecular formula is C19H24Cl2N3O+. The topological polar surface area (TPSA) is 29.7 Å². The molecule has 25 heavy (non-hydrogen) atoms. The number of hydrogen-bond acceptors (Lipinski definition) is 1. The third kappa shape index (κ3) is 4.20. The number of amides is 1. The van der Waals surface area contributed by atoms with E-state index in [0.29, 0.717) is 15.6 Å². The number of halogens is 2. The number of carbonyl (C=O) groups excluding carboxylic acids is 1. The molecule has 1 aliphatic heterocycles. The second-order valence-electron chi connectivity index (χ2n) is 6.68. The van der Waals surface area contributed by atoms with Gasteiger partial charge in [-0.25, -0.2) is 0 Å². The lowest BCUT2D eigenvalue weighted by atomic mass is 10.2. The molecule has 4 nitrogen and oxygen atoms in total. The van der Waals surface area contributed by atoms with E-state index in [1.54, 1.807) is 23.1 Å². The van der Waals surface area contributed by atoms with E-state index in [0.717, 1.165) is 39.3 Å². The molecule has 134 valence electrons. The highest BCUT2D eigenvalue weighted by molar-refractivity contribution is 6.36. The van der Waals surface area contributed by atoms with E-state index in [4.69, 9.17) is 23.2 Å². The van der Waals surface area contributed by atoms with Gasteiger partial charge in [0.1, 0.15) is 0 Å². The number of benzene rings is 1. The molecule has 2 heterocycles. The SMILES string of the molecule is Cc1ccc(C)n1CC[NH+]1CCN(C(=O)c2ccc(Cl)cc2Cl)CC1. The Morgan fingerprint density at radius 3 is 2.32 bits per heavy atom. The lowest BCUT2D eigenvalue weighted by Gasteiger charge is -2.32. The highest BCUT2D eigenvalue weighted by Crippen LogP contribution is 2.22. The van der Waals surface area contributed by atoms with Crippen LogP contribution in [0, 0.1) is 13.8 Å². The average molecular weight is 381 g/mol. The highest BCUT2D eigenvalue weighted by Gasteiger charge is 2.25. The molecular weight excluding hydrogens is 357 g/mol. The Balaban J connectivity index is 1.54. The fourth-order valence-electron chi connectivity index (χ4n) is 3.43. The van der Waals surface area contributed by atoms with Gasteiger partial charge in [0.15, 0.2) is 0 Å². The van der Waals surface area contributed by atoms with Gasteiger partial charge >= 0.3 is 0 Å². The number of piperazine rings is 1. The van der Waals surface area contributed by atoms with E-state index in [1.165, 1.54) is 11.4 Å². The first kappa shape index (κ1) is 18.3. The van der Waals surface area contributed by atoms with Crippen LogP contribution in [0.3, 0.4) is 0 Å². The molecule has 1 aliphatic rings. The summed E-state index contributed by atoms with van der Waals surface area (Å²) in [5.41, 5.74) is 3.15. The van der Waals surface area contributed by atoms with Crippen LogP contribution in [0.4, 0.5) is 0 Å². The molecule has 1 amide bonds. The number of rotatable bonds is 4. The van der Waals surface area contributed by atoms with Crippen LogP contribution < -0.4 is 4.90 Å². The van der Waals surface area contributed by atoms with Crippen molar-refractivity contribution in [3.63, 3.8) is 0 Å². The van der Waals surface area contributed by atoms with E-state index >= 15 is 0 Å². The van der Waals surface area contributed by atoms with Gasteiger partial charge in [0, 0.05) is 16.4 Å². The summed E-state index contributed by atoms with van der Waals surface area (Å²) in [5, 5.41) is 0.970. The van der Waals surface area contributed by atoms with Crippen molar-refractivity contribution in [2.45, 2.75) is 20.4 Å². The van der Waals surface area contributed by atoms with Crippen LogP contribution in [0.15, 0.2) is 30.3 Å². The van der Waals surface area contributed by atoms with E-state index < -0.39 is 0 Å². The van der Waals surface area contributed by atoms with Crippen molar-refractivity contribution in [3.05, 3.63) is 57.3 Å². The number of hydrogen-bond donors (Lipinski definition) is 1. The van der Waals surface area contributed by atoms with Crippen LogP contribution in [0.2, 0.25) is 10.0 Å². The molecule has 0 aliphatic carbocycles. The molecule has 0 saturated carbocycles. The van der Waals surface area contributed by atoms with Crippen molar-refractivity contribution in [2.24, 2.45) is 0 Å². The molecule has 0 unspecified atom stereocenters. The maximum Gasteiger partial charge on any atom is 0.255 e. The first-order valence-electron chi connectivity index (χ1n) is 8.66. The predicted octanol–water partition coefficient (Wildman–Crippen LogP) is 2.45. The van der Waals surface area contributed by atoms with Gasteiger partial charge in [0.25, 0.3) is 5.91 Å². The summed E-state index contributed by atoms with van der Waals surface area (Å²) >= 11 is 12.1. The van der Waals surface area contributed by atoms with Crippen molar-refractivity contribution in [1.29, 1.82) is 0 Å². The van der Waals surface area contributed by atoms with Crippen molar-refractivity contribution in [3.8, 4) is 0 Å². The minimum Gasteiger partial charge on any atom is -0.344 e. The van der Waals surface area contributed by atoms with Crippen LogP contribution in [0.5, 0.6) is 0 Å². The summed E-state index contributed by atoms with van der Waals surface area (Å²) in [6, 6.07) is 9.38. The second kappa shape index (κ2) is 7.81. The minimum absolute atomic E-state index is 0.00202. The molecule has 0 spiro atoms. The summed E-state index contributed by atoms with van der Waals surface area (Å²) in [4.78, 5) is 16.1. The van der Waals surface area contributed by atoms with Gasteiger partial charge in [-0.1, -0.05) is 23.2 Å². The Bertz CT molecular complexity index is 745. The summed E-state index contributed by atoms with van der Waals surface area (Å²) < 4.78 is 2.36. The number of carbonyl (C=O) groups is 1. The second-order valence-corrected chi connectivity index (χ2v) is 7.53. The third-order valence-electron chi connectivity index (χ3n) is 5.03. The van der Waals surface area contributed by atoms with Crippen LogP contribution >= 0.6 is 23.2 Å². The monoisotopic (exact) mass is 380 g/mol. The Kier molecular flexibility index (Phi) is 5.72. The van der Waals surface area contributed by atoms with Gasteiger partial charge in [-0.2, -0.15) is 0 Å². The van der Waals surface area contributed by atoms with E-state index in [-0.39, 0.29) is 5.91 Å². The predicted molar refractivity (Wildman–Crippen MR) is 102 cm³/mol. The Morgan fingerprint density at radius 1 is 1.08 bits per heavy atom. The lowest BCUT2D eigenvalue weighted by molar-refractivity contribution is -0.904. The van der Waals surface area contributed by atoms with Gasteiger partial charge < -0.3 is 14.4 Å². The zero-order valence-corrected chi connectivity index (χ0v) is 16.2. The number of quaternary nitrogens is 1. The molecule has 0 radical (unpaired) electrons. The molecule has 1 aromatic heterocycles. The Labute approximate surface area is 158 Å². The van der Waals surface area contributed by atoms with Crippen molar-refractivity contribution < 1.29 is 9.69 Å². The van der Waals surface area contributed by atoms with Crippen molar-refractivity contribution >= 4 is 29.1 Å². The molecule has 1 saturated heterocycles. The van der Waals surface area contributed by atoms with Gasteiger partial charge in [-0.3, -0.25) is 4.79 Å². The van der Waals surface area contributed by atoms with E-state index in [2.05, 4.69) is 30.5 Å². The minimum atomic E-state index is -0.00202. The first-order chi connectivity index (χ1) is 12.0. The van der Waals surface area contributed by atoms with E-state index in [1.807, 2.05) is 4.90 Å². The number of nitrogens with one attached hydrogen (secondary N) is 1. The Hall–Kier alpha value is -1.49. The normalized spacial score (nSPS) is 15.6. The van der Waals surface area contributed by atoms with E-state index in [9.17, 15) is 4.79 Å². The maximum absolute atomic E-state index is 12.7. The lowest BCUT2D eigenvalue weighted by Crippen LogP contribution is -3.15. The molecule has 1 aromatic carbocycles. The van der Waals surface area contributed by atoms with Crippen molar-refractivity contribution in [1.82, 2.24) is 9.47 Å². The zero-order chi connectivity index (χ0) is 18.0. The smallest absolute Gasteiger partial charge is 0.255 e. The van der Waals surface area contributed by atoms with Gasteiger partial charge in [-0.05, 0) is 44.2 Å². The largest absolute Gasteiger partial charge is 0.344 e. The molecule has 0 atom stereocenters. The zero-order valence-electron chi connectivity index (χ0n) is 14.7. The highest BCUT2D eigenvalue weighted by atomic mass is 35.5. The summed E-state index contributed by atoms with van der Waals surface area (Å²) in [5.74, 6) is -0.00202. The molecule has 0 bridgehead atoms. The third-order valence-corrected chi connectivity index (χ3v) is 5.57. The molecule has 1 fully saturated rings. The molecule has 6 heteroatoms. The number of nitrogens with zero attached hydrogens (tertiary/aromatic N) is 2. The fraction of sp³-hybridized carbons (Fsp3) is 0.421. The molecule has 2 aromatic rings. The average Bonchev–Trinajstić information content (AvgIpc) is 2.91. The van der Waals surface area contributed by atoms with Gasteiger partial charge in [0.2, 0.25) is 0 Å². The quantitative estimate of drug-likeness (QED) is 0.867. The Morgan fingerprint density at radius 2 is 1.72 bits per heavy atom. The first-order valence-corrected chi connectivity index (χ1v) is 9.42. The van der Waals surface area contributed by atoms with Crippen molar-refractivity contribution in [2.75, 3.05) is 32.7 Å². The molecule has 1 N–H and O–H groups in total. The number of aryl methyl sites for hydroxylation is 2. The van der Waals surface area contributed by atoms with Crippen LogP contribution in [-0.2, 0) is 6.54 Å². The molecule has 3 rings (SSSR count). The maximum atomic E-state index is 12.7. The van der Waals surface area contributed by atoms with Gasteiger partial charge in [0.05, 0.1) is 49.9 Å². The van der Waals surface area contributed by atoms with Crippen LogP contribution in [-0.4, -0.2) is 48.1 Å². The summed E-state index contributed by atoms with van der Waals surface area (Å²) in [6.07, 6.45) is 0.